The number of rotatable bonds is 6. The summed E-state index contributed by atoms with van der Waals surface area (Å²) in [5, 5.41) is 3.75. The summed E-state index contributed by atoms with van der Waals surface area (Å²) in [7, 11) is 0. The van der Waals surface area contributed by atoms with Crippen LogP contribution in [0, 0.1) is 12.8 Å². The van der Waals surface area contributed by atoms with Crippen LogP contribution in [0.5, 0.6) is 0 Å². The number of hydrogen-bond acceptors (Lipinski definition) is 1. The standard InChI is InChI=1S/C27H28ClNO/c1-4-19-7-11-21(12-8-19)27(22-13-9-20(5-2)10-14-22)17-24(27)26(30)29-23-15-6-18(3)25(28)16-23/h6-16,24H,4-5,17H2,1-3H3,(H,29,30). The normalized spacial score (nSPS) is 16.9. The van der Waals surface area contributed by atoms with E-state index in [0.717, 1.165) is 30.5 Å². The fourth-order valence-corrected chi connectivity index (χ4v) is 4.54. The highest BCUT2D eigenvalue weighted by Crippen LogP contribution is 2.59. The highest BCUT2D eigenvalue weighted by atomic mass is 35.5. The molecular weight excluding hydrogens is 390 g/mol. The van der Waals surface area contributed by atoms with E-state index >= 15 is 0 Å². The summed E-state index contributed by atoms with van der Waals surface area (Å²) < 4.78 is 0. The maximum absolute atomic E-state index is 13.2. The van der Waals surface area contributed by atoms with Gasteiger partial charge in [0, 0.05) is 16.1 Å². The van der Waals surface area contributed by atoms with Crippen LogP contribution in [0.4, 0.5) is 5.69 Å². The average Bonchev–Trinajstić information content (AvgIpc) is 3.53. The molecule has 0 aliphatic heterocycles. The van der Waals surface area contributed by atoms with Crippen molar-refractivity contribution in [2.45, 2.75) is 45.4 Å². The van der Waals surface area contributed by atoms with Crippen LogP contribution < -0.4 is 5.32 Å². The predicted octanol–water partition coefficient (Wildman–Crippen LogP) is 6.72. The van der Waals surface area contributed by atoms with E-state index < -0.39 is 0 Å². The molecule has 0 spiro atoms. The van der Waals surface area contributed by atoms with Crippen LogP contribution in [-0.4, -0.2) is 5.91 Å². The second-order valence-corrected chi connectivity index (χ2v) is 8.69. The van der Waals surface area contributed by atoms with E-state index in [1.165, 1.54) is 22.3 Å². The molecule has 1 N–H and O–H groups in total. The first-order valence-corrected chi connectivity index (χ1v) is 11.1. The third-order valence-electron chi connectivity index (χ3n) is 6.47. The Morgan fingerprint density at radius 1 is 0.933 bits per heavy atom. The molecule has 0 aromatic heterocycles. The number of nitrogens with one attached hydrogen (secondary N) is 1. The molecule has 3 heteroatoms. The van der Waals surface area contributed by atoms with Gasteiger partial charge < -0.3 is 5.32 Å². The van der Waals surface area contributed by atoms with Gasteiger partial charge in [-0.3, -0.25) is 4.79 Å². The molecule has 1 aliphatic rings. The molecule has 2 nitrogen and oxygen atoms in total. The molecule has 0 heterocycles. The number of carbonyl (C=O) groups is 1. The Balaban J connectivity index is 1.66. The molecule has 0 bridgehead atoms. The highest BCUT2D eigenvalue weighted by molar-refractivity contribution is 6.31. The molecule has 154 valence electrons. The number of hydrogen-bond donors (Lipinski definition) is 1. The number of carbonyl (C=O) groups excluding carboxylic acids is 1. The molecule has 3 aromatic carbocycles. The summed E-state index contributed by atoms with van der Waals surface area (Å²) in [6.45, 7) is 6.28. The second kappa shape index (κ2) is 8.28. The topological polar surface area (TPSA) is 29.1 Å². The molecule has 0 radical (unpaired) electrons. The van der Waals surface area contributed by atoms with Crippen molar-refractivity contribution >= 4 is 23.2 Å². The van der Waals surface area contributed by atoms with Crippen molar-refractivity contribution in [1.82, 2.24) is 0 Å². The summed E-state index contributed by atoms with van der Waals surface area (Å²) in [4.78, 5) is 13.2. The quantitative estimate of drug-likeness (QED) is 0.474. The molecule has 4 rings (SSSR count). The van der Waals surface area contributed by atoms with Crippen LogP contribution in [0.15, 0.2) is 66.7 Å². The molecule has 3 aromatic rings. The van der Waals surface area contributed by atoms with Crippen LogP contribution >= 0.6 is 11.6 Å². The molecule has 1 unspecified atom stereocenters. The Hall–Kier alpha value is -2.58. The van der Waals surface area contributed by atoms with E-state index in [-0.39, 0.29) is 17.2 Å². The number of aryl methyl sites for hydroxylation is 3. The summed E-state index contributed by atoms with van der Waals surface area (Å²) >= 11 is 6.25. The van der Waals surface area contributed by atoms with Crippen LogP contribution in [0.3, 0.4) is 0 Å². The van der Waals surface area contributed by atoms with E-state index in [4.69, 9.17) is 11.6 Å². The van der Waals surface area contributed by atoms with Crippen LogP contribution in [0.2, 0.25) is 5.02 Å². The van der Waals surface area contributed by atoms with Gasteiger partial charge in [0.15, 0.2) is 0 Å². The zero-order chi connectivity index (χ0) is 21.3. The molecule has 0 saturated heterocycles. The van der Waals surface area contributed by atoms with Gasteiger partial charge in [0.05, 0.1) is 5.92 Å². The lowest BCUT2D eigenvalue weighted by atomic mass is 9.84. The fourth-order valence-electron chi connectivity index (χ4n) is 4.36. The molecule has 30 heavy (non-hydrogen) atoms. The molecule has 1 amide bonds. The van der Waals surface area contributed by atoms with Crippen LogP contribution in [-0.2, 0) is 23.1 Å². The first-order valence-electron chi connectivity index (χ1n) is 10.7. The van der Waals surface area contributed by atoms with Gasteiger partial charge in [0.1, 0.15) is 0 Å². The number of benzene rings is 3. The monoisotopic (exact) mass is 417 g/mol. The lowest BCUT2D eigenvalue weighted by Gasteiger charge is -2.20. The van der Waals surface area contributed by atoms with Crippen LogP contribution in [0.1, 0.15) is 48.1 Å². The van der Waals surface area contributed by atoms with Gasteiger partial charge in [-0.1, -0.05) is 80.0 Å². The van der Waals surface area contributed by atoms with E-state index in [2.05, 4.69) is 67.7 Å². The second-order valence-electron chi connectivity index (χ2n) is 8.28. The largest absolute Gasteiger partial charge is 0.326 e. The van der Waals surface area contributed by atoms with Gasteiger partial charge in [0.25, 0.3) is 0 Å². The van der Waals surface area contributed by atoms with Gasteiger partial charge in [-0.15, -0.1) is 0 Å². The minimum Gasteiger partial charge on any atom is -0.326 e. The fraction of sp³-hybridized carbons (Fsp3) is 0.296. The Morgan fingerprint density at radius 2 is 1.47 bits per heavy atom. The zero-order valence-electron chi connectivity index (χ0n) is 17.8. The number of amides is 1. The molecule has 1 fully saturated rings. The third kappa shape index (κ3) is 3.77. The Kier molecular flexibility index (Phi) is 5.71. The van der Waals surface area contributed by atoms with Gasteiger partial charge >= 0.3 is 0 Å². The first-order chi connectivity index (χ1) is 14.5. The van der Waals surface area contributed by atoms with Crippen molar-refractivity contribution in [3.8, 4) is 0 Å². The van der Waals surface area contributed by atoms with Gasteiger partial charge in [-0.05, 0) is 66.1 Å². The summed E-state index contributed by atoms with van der Waals surface area (Å²) in [6, 6.07) is 23.2. The van der Waals surface area contributed by atoms with Gasteiger partial charge in [-0.25, -0.2) is 0 Å². The minimum absolute atomic E-state index is 0.0501. The molecule has 1 saturated carbocycles. The van der Waals surface area contributed by atoms with Crippen molar-refractivity contribution in [2.24, 2.45) is 5.92 Å². The maximum Gasteiger partial charge on any atom is 0.228 e. The van der Waals surface area contributed by atoms with Crippen molar-refractivity contribution in [3.05, 3.63) is 99.6 Å². The Morgan fingerprint density at radius 3 is 1.93 bits per heavy atom. The SMILES string of the molecule is CCc1ccc(C2(c3ccc(CC)cc3)CC2C(=O)Nc2ccc(C)c(Cl)c2)cc1. The number of halogens is 1. The van der Waals surface area contributed by atoms with E-state index in [1.54, 1.807) is 0 Å². The minimum atomic E-state index is -0.267. The highest BCUT2D eigenvalue weighted by Gasteiger charge is 2.60. The summed E-state index contributed by atoms with van der Waals surface area (Å²) in [6.07, 6.45) is 2.84. The number of anilines is 1. The lowest BCUT2D eigenvalue weighted by molar-refractivity contribution is -0.117. The first kappa shape index (κ1) is 20.7. The summed E-state index contributed by atoms with van der Waals surface area (Å²) in [5.41, 5.74) is 6.54. The lowest BCUT2D eigenvalue weighted by Crippen LogP contribution is -2.22. The van der Waals surface area contributed by atoms with E-state index in [0.29, 0.717) is 5.02 Å². The molecular formula is C27H28ClNO. The molecule has 1 atom stereocenters. The average molecular weight is 418 g/mol. The van der Waals surface area contributed by atoms with Crippen LogP contribution in [0.25, 0.3) is 0 Å². The van der Waals surface area contributed by atoms with Gasteiger partial charge in [0.2, 0.25) is 5.91 Å². The van der Waals surface area contributed by atoms with Gasteiger partial charge in [-0.2, -0.15) is 0 Å². The summed E-state index contributed by atoms with van der Waals surface area (Å²) in [5.74, 6) is -0.0495. The molecule has 1 aliphatic carbocycles. The van der Waals surface area contributed by atoms with E-state index in [1.807, 2.05) is 25.1 Å². The zero-order valence-corrected chi connectivity index (χ0v) is 18.6. The smallest absolute Gasteiger partial charge is 0.228 e. The maximum atomic E-state index is 13.2. The van der Waals surface area contributed by atoms with Crippen molar-refractivity contribution < 1.29 is 4.79 Å². The predicted molar refractivity (Wildman–Crippen MR) is 125 cm³/mol. The van der Waals surface area contributed by atoms with Crippen molar-refractivity contribution in [1.29, 1.82) is 0 Å². The third-order valence-corrected chi connectivity index (χ3v) is 6.88. The van der Waals surface area contributed by atoms with Crippen molar-refractivity contribution in [2.75, 3.05) is 5.32 Å². The van der Waals surface area contributed by atoms with E-state index in [9.17, 15) is 4.79 Å². The Labute approximate surface area is 184 Å². The van der Waals surface area contributed by atoms with Crippen molar-refractivity contribution in [3.63, 3.8) is 0 Å². The Bertz CT molecular complexity index is 1010.